The number of nitrogens with zero attached hydrogens (tertiary/aromatic N) is 3. The minimum Gasteiger partial charge on any atom is -0.356 e. The van der Waals surface area contributed by atoms with Crippen LogP contribution in [0.5, 0.6) is 0 Å². The van der Waals surface area contributed by atoms with Gasteiger partial charge in [0.25, 0.3) is 5.91 Å². The molecule has 1 aromatic carbocycles. The van der Waals surface area contributed by atoms with Crippen LogP contribution in [0.4, 0.5) is 19.0 Å². The molecule has 0 unspecified atom stereocenters. The van der Waals surface area contributed by atoms with Crippen molar-refractivity contribution >= 4 is 23.5 Å². The van der Waals surface area contributed by atoms with Crippen LogP contribution < -0.4 is 10.2 Å². The quantitative estimate of drug-likeness (QED) is 0.705. The SMILES string of the molecule is O=C(NCc1ccc(C(F)(F)F)cc1)c1cnc(SC2CC2)nc1N1CCCC1. The lowest BCUT2D eigenvalue weighted by Crippen LogP contribution is -2.28. The molecular formula is C20H21F3N4OS. The molecule has 1 amide bonds. The summed E-state index contributed by atoms with van der Waals surface area (Å²) in [6, 6.07) is 4.78. The molecule has 5 nitrogen and oxygen atoms in total. The summed E-state index contributed by atoms with van der Waals surface area (Å²) in [5, 5.41) is 4.04. The van der Waals surface area contributed by atoms with Gasteiger partial charge < -0.3 is 10.2 Å². The summed E-state index contributed by atoms with van der Waals surface area (Å²) < 4.78 is 38.0. The molecule has 1 saturated carbocycles. The standard InChI is InChI=1S/C20H21F3N4OS/c21-20(22,23)14-5-3-13(4-6-14)11-24-18(28)16-12-25-19(29-15-7-8-15)26-17(16)27-9-1-2-10-27/h3-6,12,15H,1-2,7-11H2,(H,24,28). The Morgan fingerprint density at radius 2 is 1.86 bits per heavy atom. The van der Waals surface area contributed by atoms with Crippen LogP contribution in [0.25, 0.3) is 0 Å². The largest absolute Gasteiger partial charge is 0.416 e. The van der Waals surface area contributed by atoms with E-state index in [1.165, 1.54) is 25.0 Å². The van der Waals surface area contributed by atoms with Crippen LogP contribution in [0.2, 0.25) is 0 Å². The molecule has 0 radical (unpaired) electrons. The van der Waals surface area contributed by atoms with E-state index in [2.05, 4.69) is 20.2 Å². The van der Waals surface area contributed by atoms with Gasteiger partial charge in [0.05, 0.1) is 5.56 Å². The minimum absolute atomic E-state index is 0.134. The topological polar surface area (TPSA) is 58.1 Å². The van der Waals surface area contributed by atoms with Crippen LogP contribution >= 0.6 is 11.8 Å². The third-order valence-corrected chi connectivity index (χ3v) is 6.14. The summed E-state index contributed by atoms with van der Waals surface area (Å²) in [6.45, 7) is 1.84. The van der Waals surface area contributed by atoms with Gasteiger partial charge in [0.2, 0.25) is 0 Å². The molecule has 2 aromatic rings. The van der Waals surface area contributed by atoms with Crippen molar-refractivity contribution in [1.29, 1.82) is 0 Å². The Labute approximate surface area is 171 Å². The predicted octanol–water partition coefficient (Wildman–Crippen LogP) is 4.28. The molecule has 2 fully saturated rings. The number of alkyl halides is 3. The van der Waals surface area contributed by atoms with Gasteiger partial charge in [0.1, 0.15) is 11.4 Å². The fourth-order valence-electron chi connectivity index (χ4n) is 3.17. The average Bonchev–Trinajstić information content (AvgIpc) is 3.34. The van der Waals surface area contributed by atoms with Crippen molar-refractivity contribution in [3.05, 3.63) is 47.2 Å². The van der Waals surface area contributed by atoms with Crippen molar-refractivity contribution < 1.29 is 18.0 Å². The highest BCUT2D eigenvalue weighted by Crippen LogP contribution is 2.38. The van der Waals surface area contributed by atoms with E-state index in [1.807, 2.05) is 0 Å². The van der Waals surface area contributed by atoms with E-state index in [1.54, 1.807) is 18.0 Å². The zero-order valence-electron chi connectivity index (χ0n) is 15.7. The highest BCUT2D eigenvalue weighted by Gasteiger charge is 2.30. The van der Waals surface area contributed by atoms with Gasteiger partial charge in [-0.25, -0.2) is 9.97 Å². The molecule has 0 bridgehead atoms. The number of amides is 1. The molecule has 1 N–H and O–H groups in total. The number of rotatable bonds is 6. The summed E-state index contributed by atoms with van der Waals surface area (Å²) in [4.78, 5) is 23.9. The number of nitrogens with one attached hydrogen (secondary N) is 1. The maximum absolute atomic E-state index is 12.8. The van der Waals surface area contributed by atoms with Gasteiger partial charge >= 0.3 is 6.18 Å². The third kappa shape index (κ3) is 5.01. The molecule has 29 heavy (non-hydrogen) atoms. The molecule has 4 rings (SSSR count). The number of aromatic nitrogens is 2. The molecule has 0 atom stereocenters. The van der Waals surface area contributed by atoms with Crippen molar-refractivity contribution in [2.75, 3.05) is 18.0 Å². The maximum atomic E-state index is 12.8. The lowest BCUT2D eigenvalue weighted by atomic mass is 10.1. The average molecular weight is 422 g/mol. The van der Waals surface area contributed by atoms with Crippen molar-refractivity contribution in [2.45, 2.75) is 48.8 Å². The number of hydrogen-bond donors (Lipinski definition) is 1. The summed E-state index contributed by atoms with van der Waals surface area (Å²) in [5.41, 5.74) is 0.288. The van der Waals surface area contributed by atoms with Crippen molar-refractivity contribution in [3.8, 4) is 0 Å². The zero-order chi connectivity index (χ0) is 20.4. The third-order valence-electron chi connectivity index (χ3n) is 4.93. The number of carbonyl (C=O) groups excluding carboxylic acids is 1. The van der Waals surface area contributed by atoms with E-state index in [0.717, 1.165) is 38.1 Å². The molecule has 1 aromatic heterocycles. The smallest absolute Gasteiger partial charge is 0.356 e. The Hall–Kier alpha value is -2.29. The summed E-state index contributed by atoms with van der Waals surface area (Å²) in [5.74, 6) is 0.320. The van der Waals surface area contributed by atoms with Gasteiger partial charge in [0, 0.05) is 31.1 Å². The van der Waals surface area contributed by atoms with Crippen LogP contribution in [0, 0.1) is 0 Å². The van der Waals surface area contributed by atoms with Gasteiger partial charge in [-0.05, 0) is 43.4 Å². The number of benzene rings is 1. The molecule has 154 valence electrons. The number of halogens is 3. The Bertz CT molecular complexity index is 878. The van der Waals surface area contributed by atoms with E-state index in [-0.39, 0.29) is 12.5 Å². The van der Waals surface area contributed by atoms with Gasteiger partial charge in [-0.15, -0.1) is 0 Å². The Morgan fingerprint density at radius 3 is 2.48 bits per heavy atom. The summed E-state index contributed by atoms with van der Waals surface area (Å²) >= 11 is 1.64. The van der Waals surface area contributed by atoms with E-state index >= 15 is 0 Å². The first-order valence-corrected chi connectivity index (χ1v) is 10.5. The van der Waals surface area contributed by atoms with E-state index < -0.39 is 11.7 Å². The minimum atomic E-state index is -4.37. The Morgan fingerprint density at radius 1 is 1.17 bits per heavy atom. The highest BCUT2D eigenvalue weighted by atomic mass is 32.2. The Kier molecular flexibility index (Phi) is 5.67. The molecule has 1 aliphatic carbocycles. The van der Waals surface area contributed by atoms with Crippen LogP contribution in [0.3, 0.4) is 0 Å². The van der Waals surface area contributed by atoms with Gasteiger partial charge in [-0.3, -0.25) is 4.79 Å². The lowest BCUT2D eigenvalue weighted by molar-refractivity contribution is -0.137. The number of carbonyl (C=O) groups is 1. The number of hydrogen-bond acceptors (Lipinski definition) is 5. The van der Waals surface area contributed by atoms with Crippen LogP contribution in [-0.4, -0.2) is 34.2 Å². The summed E-state index contributed by atoms with van der Waals surface area (Å²) in [6.07, 6.45) is 1.64. The Balaban J connectivity index is 1.47. The second-order valence-electron chi connectivity index (χ2n) is 7.28. The van der Waals surface area contributed by atoms with Gasteiger partial charge in [-0.1, -0.05) is 23.9 Å². The fourth-order valence-corrected chi connectivity index (χ4v) is 4.09. The van der Waals surface area contributed by atoms with Crippen LogP contribution in [0.1, 0.15) is 47.2 Å². The van der Waals surface area contributed by atoms with Crippen LogP contribution in [0.15, 0.2) is 35.6 Å². The van der Waals surface area contributed by atoms with Crippen molar-refractivity contribution in [2.24, 2.45) is 0 Å². The molecule has 1 saturated heterocycles. The van der Waals surface area contributed by atoms with Gasteiger partial charge in [0.15, 0.2) is 5.16 Å². The van der Waals surface area contributed by atoms with Crippen molar-refractivity contribution in [1.82, 2.24) is 15.3 Å². The number of thioether (sulfide) groups is 1. The van der Waals surface area contributed by atoms with E-state index in [0.29, 0.717) is 27.4 Å². The molecule has 2 aliphatic rings. The number of anilines is 1. The molecule has 9 heteroatoms. The zero-order valence-corrected chi connectivity index (χ0v) is 16.5. The molecular weight excluding hydrogens is 401 g/mol. The van der Waals surface area contributed by atoms with Crippen LogP contribution in [-0.2, 0) is 12.7 Å². The van der Waals surface area contributed by atoms with E-state index in [9.17, 15) is 18.0 Å². The second-order valence-corrected chi connectivity index (χ2v) is 8.55. The summed E-state index contributed by atoms with van der Waals surface area (Å²) in [7, 11) is 0. The molecule has 1 aliphatic heterocycles. The second kappa shape index (κ2) is 8.22. The first-order chi connectivity index (χ1) is 13.9. The molecule has 0 spiro atoms. The maximum Gasteiger partial charge on any atom is 0.416 e. The monoisotopic (exact) mass is 422 g/mol. The van der Waals surface area contributed by atoms with E-state index in [4.69, 9.17) is 0 Å². The lowest BCUT2D eigenvalue weighted by Gasteiger charge is -2.20. The normalized spacial score (nSPS) is 16.9. The first kappa shape index (κ1) is 20.0. The predicted molar refractivity (Wildman–Crippen MR) is 105 cm³/mol. The highest BCUT2D eigenvalue weighted by molar-refractivity contribution is 8.00. The first-order valence-electron chi connectivity index (χ1n) is 9.63. The molecule has 2 heterocycles. The fraction of sp³-hybridized carbons (Fsp3) is 0.450. The van der Waals surface area contributed by atoms with Gasteiger partial charge in [-0.2, -0.15) is 13.2 Å². The van der Waals surface area contributed by atoms with Crippen molar-refractivity contribution in [3.63, 3.8) is 0 Å².